The molecule has 0 saturated carbocycles. The summed E-state index contributed by atoms with van der Waals surface area (Å²) in [6.45, 7) is 0.657. The summed E-state index contributed by atoms with van der Waals surface area (Å²) in [5.41, 5.74) is 0.663. The molecular weight excluding hydrogens is 637 g/mol. The number of amides is 2. The van der Waals surface area contributed by atoms with Gasteiger partial charge in [-0.15, -0.1) is 0 Å². The van der Waals surface area contributed by atoms with Crippen LogP contribution in [0.25, 0.3) is 22.2 Å². The molecule has 2 aliphatic rings. The van der Waals surface area contributed by atoms with Crippen molar-refractivity contribution in [3.63, 3.8) is 0 Å². The predicted molar refractivity (Wildman–Crippen MR) is 178 cm³/mol. The van der Waals surface area contributed by atoms with Crippen LogP contribution in [0.3, 0.4) is 0 Å². The minimum atomic E-state index is -4.66. The van der Waals surface area contributed by atoms with E-state index < -0.39 is 23.6 Å². The van der Waals surface area contributed by atoms with Crippen LogP contribution in [-0.4, -0.2) is 53.3 Å². The smallest absolute Gasteiger partial charge is 0.377 e. The maximum Gasteiger partial charge on any atom is 0.417 e. The Morgan fingerprint density at radius 1 is 1.10 bits per heavy atom. The first-order valence-electron chi connectivity index (χ1n) is 15.9. The summed E-state index contributed by atoms with van der Waals surface area (Å²) < 4.78 is 55.3. The minimum absolute atomic E-state index is 0.0743. The molecule has 2 fully saturated rings. The van der Waals surface area contributed by atoms with Crippen LogP contribution in [0.1, 0.15) is 53.0 Å². The molecule has 49 heavy (non-hydrogen) atoms. The highest BCUT2D eigenvalue weighted by molar-refractivity contribution is 6.06. The Labute approximate surface area is 280 Å². The van der Waals surface area contributed by atoms with E-state index in [2.05, 4.69) is 20.9 Å². The Kier molecular flexibility index (Phi) is 9.82. The van der Waals surface area contributed by atoms with Crippen molar-refractivity contribution in [2.45, 2.75) is 56.7 Å². The number of carbonyl (C=O) groups excluding carboxylic acids is 2. The number of nitrogens with zero attached hydrogens (tertiary/aromatic N) is 3. The van der Waals surface area contributed by atoms with Gasteiger partial charge in [-0.3, -0.25) is 9.59 Å². The lowest BCUT2D eigenvalue weighted by molar-refractivity contribution is -0.137. The van der Waals surface area contributed by atoms with E-state index in [4.69, 9.17) is 9.47 Å². The molecule has 2 unspecified atom stereocenters. The van der Waals surface area contributed by atoms with Gasteiger partial charge in [0.05, 0.1) is 40.1 Å². The molecule has 2 atom stereocenters. The van der Waals surface area contributed by atoms with Crippen molar-refractivity contribution >= 4 is 34.2 Å². The number of aromatic nitrogens is 2. The summed E-state index contributed by atoms with van der Waals surface area (Å²) in [5.74, 6) is -0.525. The number of fused-ring (bicyclic) bond motifs is 3. The molecule has 1 aromatic heterocycles. The van der Waals surface area contributed by atoms with E-state index in [0.717, 1.165) is 31.7 Å². The second-order valence-corrected chi connectivity index (χ2v) is 12.2. The third kappa shape index (κ3) is 7.67. The number of nitrogens with one attached hydrogen (secondary N) is 3. The van der Waals surface area contributed by atoms with Gasteiger partial charge in [-0.05, 0) is 79.3 Å². The molecule has 3 aromatic carbocycles. The third-order valence-electron chi connectivity index (χ3n) is 8.87. The van der Waals surface area contributed by atoms with Crippen LogP contribution in [0.5, 0.6) is 0 Å². The number of aryl methyl sites for hydroxylation is 1. The van der Waals surface area contributed by atoms with Crippen molar-refractivity contribution in [1.29, 1.82) is 5.26 Å². The van der Waals surface area contributed by atoms with Gasteiger partial charge in [-0.25, -0.2) is 4.98 Å². The molecule has 2 aliphatic heterocycles. The average molecular weight is 673 g/mol. The summed E-state index contributed by atoms with van der Waals surface area (Å²) in [7, 11) is 3.11. The summed E-state index contributed by atoms with van der Waals surface area (Å²) in [4.78, 5) is 30.2. The average Bonchev–Trinajstić information content (AvgIpc) is 3.58. The van der Waals surface area contributed by atoms with Crippen LogP contribution in [0.4, 0.5) is 24.5 Å². The number of imidazole rings is 1. The van der Waals surface area contributed by atoms with E-state index >= 15 is 0 Å². The van der Waals surface area contributed by atoms with Crippen LogP contribution >= 0.6 is 0 Å². The van der Waals surface area contributed by atoms with E-state index in [-0.39, 0.29) is 40.2 Å². The number of hydrogen-bond acceptors (Lipinski definition) is 7. The number of hydrogen-bond donors (Lipinski definition) is 3. The van der Waals surface area contributed by atoms with E-state index in [1.165, 1.54) is 49.6 Å². The highest BCUT2D eigenvalue weighted by Crippen LogP contribution is 2.40. The number of benzene rings is 3. The van der Waals surface area contributed by atoms with Gasteiger partial charge < -0.3 is 30.0 Å². The van der Waals surface area contributed by atoms with Crippen LogP contribution < -0.4 is 16.0 Å². The Morgan fingerprint density at radius 3 is 2.59 bits per heavy atom. The fourth-order valence-corrected chi connectivity index (χ4v) is 6.47. The highest BCUT2D eigenvalue weighted by atomic mass is 19.4. The number of alkyl halides is 3. The van der Waals surface area contributed by atoms with Crippen LogP contribution in [0.2, 0.25) is 0 Å². The third-order valence-corrected chi connectivity index (χ3v) is 8.87. The molecule has 4 aromatic rings. The number of anilines is 2. The molecule has 254 valence electrons. The molecule has 0 spiro atoms. The summed E-state index contributed by atoms with van der Waals surface area (Å²) in [6.07, 6.45) is 3.22. The second-order valence-electron chi connectivity index (χ2n) is 12.2. The molecule has 0 aliphatic carbocycles. The highest BCUT2D eigenvalue weighted by Gasteiger charge is 2.35. The Bertz CT molecular complexity index is 1950. The monoisotopic (exact) mass is 672 g/mol. The van der Waals surface area contributed by atoms with Gasteiger partial charge in [0, 0.05) is 44.1 Å². The Hall–Kier alpha value is -5.03. The topological polar surface area (TPSA) is 130 Å². The van der Waals surface area contributed by atoms with Crippen molar-refractivity contribution in [1.82, 2.24) is 14.9 Å². The molecule has 0 radical (unpaired) electrons. The van der Waals surface area contributed by atoms with Crippen LogP contribution in [-0.2, 0) is 34.1 Å². The first-order valence-corrected chi connectivity index (χ1v) is 15.9. The van der Waals surface area contributed by atoms with Crippen molar-refractivity contribution in [3.8, 4) is 17.2 Å². The lowest BCUT2D eigenvalue weighted by atomic mass is 9.97. The molecule has 13 heteroatoms. The van der Waals surface area contributed by atoms with Crippen molar-refractivity contribution in [2.24, 2.45) is 7.05 Å². The summed E-state index contributed by atoms with van der Waals surface area (Å²) >= 11 is 0. The van der Waals surface area contributed by atoms with Gasteiger partial charge in [0.1, 0.15) is 18.5 Å². The van der Waals surface area contributed by atoms with Crippen molar-refractivity contribution in [3.05, 3.63) is 89.3 Å². The van der Waals surface area contributed by atoms with Gasteiger partial charge in [0.25, 0.3) is 5.91 Å². The lowest BCUT2D eigenvalue weighted by Gasteiger charge is -2.28. The zero-order valence-corrected chi connectivity index (χ0v) is 26.9. The van der Waals surface area contributed by atoms with Gasteiger partial charge in [-0.1, -0.05) is 18.2 Å². The molecule has 2 amide bonds. The summed E-state index contributed by atoms with van der Waals surface area (Å²) in [5, 5.41) is 18.5. The second kappa shape index (κ2) is 14.2. The largest absolute Gasteiger partial charge is 0.417 e. The normalized spacial score (nSPS) is 18.9. The molecular formula is C36H35F3N6O4. The summed E-state index contributed by atoms with van der Waals surface area (Å²) in [6, 6.07) is 15.1. The Balaban J connectivity index is 1.13. The molecule has 2 bridgehead atoms. The molecule has 2 saturated heterocycles. The van der Waals surface area contributed by atoms with Crippen LogP contribution in [0, 0.1) is 11.3 Å². The zero-order chi connectivity index (χ0) is 34.7. The number of ether oxygens (including phenoxy) is 2. The molecule has 6 rings (SSSR count). The fourth-order valence-electron chi connectivity index (χ4n) is 6.47. The van der Waals surface area contributed by atoms with E-state index in [0.29, 0.717) is 41.7 Å². The lowest BCUT2D eigenvalue weighted by Crippen LogP contribution is -2.39. The van der Waals surface area contributed by atoms with E-state index in [9.17, 15) is 28.0 Å². The van der Waals surface area contributed by atoms with Gasteiger partial charge in [0.15, 0.2) is 0 Å². The number of halogens is 3. The minimum Gasteiger partial charge on any atom is -0.377 e. The van der Waals surface area contributed by atoms with Gasteiger partial charge >= 0.3 is 6.18 Å². The number of nitriles is 1. The quantitative estimate of drug-likeness (QED) is 0.168. The van der Waals surface area contributed by atoms with Gasteiger partial charge in [-0.2, -0.15) is 18.4 Å². The van der Waals surface area contributed by atoms with Crippen LogP contribution in [0.15, 0.2) is 66.7 Å². The van der Waals surface area contributed by atoms with Crippen molar-refractivity contribution < 1.29 is 32.2 Å². The first kappa shape index (κ1) is 33.9. The van der Waals surface area contributed by atoms with E-state index in [1.807, 2.05) is 6.07 Å². The molecule has 3 N–H and O–H groups in total. The first-order chi connectivity index (χ1) is 23.5. The van der Waals surface area contributed by atoms with Gasteiger partial charge in [0.2, 0.25) is 5.91 Å². The maximum atomic E-state index is 14.2. The molecule has 10 nitrogen and oxygen atoms in total. The number of methoxy groups -OCH3 is 1. The SMILES string of the molecule is COCc1nc2cc(-c3cccc(NC(=O)c4ccc(NC(=O)/C=C/CNC5CC6CCC(C5)O6)c(C#N)c4)c3)c(C(F)(F)F)cc2n1C. The van der Waals surface area contributed by atoms with E-state index in [1.54, 1.807) is 29.8 Å². The molecule has 3 heterocycles. The number of rotatable bonds is 10. The Morgan fingerprint density at radius 2 is 1.88 bits per heavy atom. The zero-order valence-electron chi connectivity index (χ0n) is 26.9. The number of carbonyl (C=O) groups is 2. The predicted octanol–water partition coefficient (Wildman–Crippen LogP) is 6.32. The van der Waals surface area contributed by atoms with Crippen molar-refractivity contribution in [2.75, 3.05) is 24.3 Å². The fraction of sp³-hybridized carbons (Fsp3) is 0.333. The standard InChI is InChI=1S/C36H35F3N6O4/c1-45-32-18-29(36(37,38)39)28(17-31(32)43-33(45)20-48-2)21-5-3-6-24(14-21)42-35(47)22-8-11-30(23(13-22)19-40)44-34(46)7-4-12-41-25-15-26-9-10-27(16-25)49-26/h3-8,11,13-14,17-18,25-27,41H,9-10,12,15-16,20H2,1-2H3,(H,42,47)(H,44,46)/b7-4+. The maximum absolute atomic E-state index is 14.2.